The Hall–Kier alpha value is -3.09. The van der Waals surface area contributed by atoms with Gasteiger partial charge in [0.1, 0.15) is 23.7 Å². The maximum absolute atomic E-state index is 14.8. The summed E-state index contributed by atoms with van der Waals surface area (Å²) in [7, 11) is 5.31. The molecule has 2 aromatic carbocycles. The summed E-state index contributed by atoms with van der Waals surface area (Å²) >= 11 is 0. The summed E-state index contributed by atoms with van der Waals surface area (Å²) < 4.78 is 20.7. The summed E-state index contributed by atoms with van der Waals surface area (Å²) in [5, 5.41) is 28.6. The standard InChI is InChI=1S/C36H51FN4O6/c1-20-27-16-24(36(27,3)4)17-29(20)39-35(45)32-31(21(2)43)30(19-42)47-41(32)18-23-9-8-10-25(33(23)46-7)22-11-12-28(37)26(15-22)34(44)38-13-14-40(5)6/h8-12,15,20-21,24,27,29-32,42-43H,13-14,16-19H2,1-7H3,(H,38,44)(H,39,45)/t20-,21-,24?,27+,29-,30-,31+,32-/m0/s1. The zero-order valence-corrected chi connectivity index (χ0v) is 28.6. The number of aliphatic hydroxyl groups is 2. The highest BCUT2D eigenvalue weighted by atomic mass is 19.1. The summed E-state index contributed by atoms with van der Waals surface area (Å²) in [6, 6.07) is 9.03. The van der Waals surface area contributed by atoms with Crippen molar-refractivity contribution in [2.24, 2.45) is 29.1 Å². The predicted molar refractivity (Wildman–Crippen MR) is 177 cm³/mol. The van der Waals surface area contributed by atoms with Crippen molar-refractivity contribution >= 4 is 11.8 Å². The van der Waals surface area contributed by atoms with Gasteiger partial charge in [0, 0.05) is 36.2 Å². The predicted octanol–water partition coefficient (Wildman–Crippen LogP) is 3.45. The SMILES string of the molecule is COc1c(CN2O[C@@H](CO)[C@@H]([C@H](C)O)[C@H]2C(=O)N[C@H]2CC3C[C@H]([C@@H]2C)C3(C)C)cccc1-c1ccc(F)c(C(=O)NCCN(C)C)c1. The van der Waals surface area contributed by atoms with E-state index in [1.54, 1.807) is 18.1 Å². The van der Waals surface area contributed by atoms with Crippen molar-refractivity contribution in [1.29, 1.82) is 0 Å². The number of carbonyl (C=O) groups excluding carboxylic acids is 2. The van der Waals surface area contributed by atoms with Crippen molar-refractivity contribution in [2.45, 2.75) is 71.4 Å². The topological polar surface area (TPSA) is 124 Å². The third-order valence-corrected chi connectivity index (χ3v) is 11.1. The lowest BCUT2D eigenvalue weighted by Crippen LogP contribution is -2.62. The van der Waals surface area contributed by atoms with Crippen LogP contribution in [0.3, 0.4) is 0 Å². The fraction of sp³-hybridized carbons (Fsp3) is 0.611. The molecule has 1 heterocycles. The molecule has 8 atom stereocenters. The van der Waals surface area contributed by atoms with Crippen LogP contribution in [-0.2, 0) is 16.2 Å². The van der Waals surface area contributed by atoms with E-state index in [0.717, 1.165) is 6.42 Å². The first-order chi connectivity index (χ1) is 22.3. The van der Waals surface area contributed by atoms with Crippen LogP contribution >= 0.6 is 0 Å². The van der Waals surface area contributed by atoms with E-state index >= 15 is 0 Å². The van der Waals surface area contributed by atoms with Gasteiger partial charge in [0.2, 0.25) is 5.91 Å². The number of amides is 2. The van der Waals surface area contributed by atoms with Gasteiger partial charge >= 0.3 is 0 Å². The molecule has 3 saturated carbocycles. The number of benzene rings is 2. The summed E-state index contributed by atoms with van der Waals surface area (Å²) in [6.45, 7) is 9.21. The van der Waals surface area contributed by atoms with Crippen LogP contribution in [0.4, 0.5) is 4.39 Å². The quantitative estimate of drug-likeness (QED) is 0.275. The number of ether oxygens (including phenoxy) is 1. The lowest BCUT2D eigenvalue weighted by molar-refractivity contribution is -0.183. The summed E-state index contributed by atoms with van der Waals surface area (Å²) in [5.74, 6) is -0.128. The van der Waals surface area contributed by atoms with Gasteiger partial charge in [-0.1, -0.05) is 45.0 Å². The first-order valence-corrected chi connectivity index (χ1v) is 16.7. The number of hydrogen-bond acceptors (Lipinski definition) is 8. The molecule has 1 unspecified atom stereocenters. The molecule has 6 rings (SSSR count). The highest BCUT2D eigenvalue weighted by Crippen LogP contribution is 2.61. The maximum Gasteiger partial charge on any atom is 0.254 e. The fourth-order valence-corrected chi connectivity index (χ4v) is 8.18. The Balaban J connectivity index is 1.40. The molecule has 4 fully saturated rings. The second-order valence-corrected chi connectivity index (χ2v) is 14.5. The van der Waals surface area contributed by atoms with E-state index in [2.05, 4.69) is 31.4 Å². The summed E-state index contributed by atoms with van der Waals surface area (Å²) in [4.78, 5) is 35.0. The molecule has 4 aliphatic rings. The molecule has 0 spiro atoms. The Bertz CT molecular complexity index is 1450. The van der Waals surface area contributed by atoms with Crippen LogP contribution < -0.4 is 15.4 Å². The highest BCUT2D eigenvalue weighted by Gasteiger charge is 2.57. The minimum atomic E-state index is -0.918. The fourth-order valence-electron chi connectivity index (χ4n) is 8.18. The van der Waals surface area contributed by atoms with Crippen LogP contribution in [0.2, 0.25) is 0 Å². The van der Waals surface area contributed by atoms with Crippen LogP contribution in [0, 0.1) is 34.9 Å². The van der Waals surface area contributed by atoms with E-state index in [-0.39, 0.29) is 36.1 Å². The number of para-hydroxylation sites is 1. The number of nitrogens with one attached hydrogen (secondary N) is 2. The van der Waals surface area contributed by atoms with E-state index in [0.29, 0.717) is 53.3 Å². The zero-order chi connectivity index (χ0) is 34.2. The maximum atomic E-state index is 14.8. The van der Waals surface area contributed by atoms with Crippen molar-refractivity contribution < 1.29 is 33.8 Å². The molecule has 47 heavy (non-hydrogen) atoms. The number of carbonyl (C=O) groups is 2. The smallest absolute Gasteiger partial charge is 0.254 e. The molecule has 2 bridgehead atoms. The molecule has 1 saturated heterocycles. The van der Waals surface area contributed by atoms with E-state index in [9.17, 15) is 24.2 Å². The van der Waals surface area contributed by atoms with Gasteiger partial charge in [0.05, 0.1) is 31.9 Å². The van der Waals surface area contributed by atoms with Gasteiger partial charge in [-0.25, -0.2) is 4.39 Å². The van der Waals surface area contributed by atoms with Gasteiger partial charge in [-0.3, -0.25) is 14.4 Å². The van der Waals surface area contributed by atoms with Crippen molar-refractivity contribution in [1.82, 2.24) is 20.6 Å². The Labute approximate surface area is 277 Å². The molecule has 2 amide bonds. The molecule has 11 heteroatoms. The van der Waals surface area contributed by atoms with Crippen molar-refractivity contribution in [3.63, 3.8) is 0 Å². The molecule has 0 aromatic heterocycles. The molecule has 4 N–H and O–H groups in total. The Morgan fingerprint density at radius 3 is 2.57 bits per heavy atom. The second kappa shape index (κ2) is 14.2. The number of aliphatic hydroxyl groups excluding tert-OH is 2. The van der Waals surface area contributed by atoms with Gasteiger partial charge < -0.3 is 30.5 Å². The number of rotatable bonds is 12. The monoisotopic (exact) mass is 654 g/mol. The molecular formula is C36H51FN4O6. The van der Waals surface area contributed by atoms with Crippen LogP contribution in [-0.4, -0.2) is 97.2 Å². The van der Waals surface area contributed by atoms with E-state index < -0.39 is 35.9 Å². The number of methoxy groups -OCH3 is 1. The second-order valence-electron chi connectivity index (χ2n) is 14.5. The largest absolute Gasteiger partial charge is 0.496 e. The molecular weight excluding hydrogens is 603 g/mol. The molecule has 0 radical (unpaired) electrons. The van der Waals surface area contributed by atoms with Crippen LogP contribution in [0.5, 0.6) is 5.75 Å². The van der Waals surface area contributed by atoms with Crippen LogP contribution in [0.1, 0.15) is 56.5 Å². The first-order valence-electron chi connectivity index (χ1n) is 16.7. The Morgan fingerprint density at radius 1 is 1.21 bits per heavy atom. The number of hydroxylamine groups is 2. The minimum Gasteiger partial charge on any atom is -0.496 e. The van der Waals surface area contributed by atoms with E-state index in [1.165, 1.54) is 25.7 Å². The van der Waals surface area contributed by atoms with E-state index in [4.69, 9.17) is 9.57 Å². The number of fused-ring (bicyclic) bond motifs is 2. The van der Waals surface area contributed by atoms with Crippen molar-refractivity contribution in [2.75, 3.05) is 40.9 Å². The van der Waals surface area contributed by atoms with Gasteiger partial charge in [-0.2, -0.15) is 5.06 Å². The van der Waals surface area contributed by atoms with Gasteiger partial charge in [-0.05, 0) is 74.7 Å². The van der Waals surface area contributed by atoms with Crippen LogP contribution in [0.25, 0.3) is 11.1 Å². The van der Waals surface area contributed by atoms with Crippen molar-refractivity contribution in [3.8, 4) is 16.9 Å². The number of halogens is 1. The number of hydrogen-bond donors (Lipinski definition) is 4. The summed E-state index contributed by atoms with van der Waals surface area (Å²) in [5.41, 5.74) is 2.10. The highest BCUT2D eigenvalue weighted by molar-refractivity contribution is 5.96. The van der Waals surface area contributed by atoms with Gasteiger partial charge in [0.25, 0.3) is 5.91 Å². The third kappa shape index (κ3) is 6.91. The van der Waals surface area contributed by atoms with E-state index in [1.807, 2.05) is 37.2 Å². The Morgan fingerprint density at radius 2 is 1.96 bits per heavy atom. The zero-order valence-electron chi connectivity index (χ0n) is 28.6. The summed E-state index contributed by atoms with van der Waals surface area (Å²) in [6.07, 6.45) is 0.408. The lowest BCUT2D eigenvalue weighted by Gasteiger charge is -2.62. The molecule has 2 aromatic rings. The first kappa shape index (κ1) is 35.2. The molecule has 3 aliphatic carbocycles. The van der Waals surface area contributed by atoms with Crippen molar-refractivity contribution in [3.05, 3.63) is 53.3 Å². The Kier molecular flexibility index (Phi) is 10.6. The van der Waals surface area contributed by atoms with Gasteiger partial charge in [-0.15, -0.1) is 0 Å². The minimum absolute atomic E-state index is 0.0227. The molecule has 10 nitrogen and oxygen atoms in total. The molecule has 258 valence electrons. The molecule has 1 aliphatic heterocycles. The normalized spacial score (nSPS) is 28.9. The average Bonchev–Trinajstić information content (AvgIpc) is 3.40. The third-order valence-electron chi connectivity index (χ3n) is 11.1. The lowest BCUT2D eigenvalue weighted by atomic mass is 9.45. The number of likely N-dealkylation sites (N-methyl/N-ethyl adjacent to an activating group) is 1. The van der Waals surface area contributed by atoms with Crippen LogP contribution in [0.15, 0.2) is 36.4 Å². The number of nitrogens with zero attached hydrogens (tertiary/aromatic N) is 2. The van der Waals surface area contributed by atoms with Gasteiger partial charge in [0.15, 0.2) is 0 Å². The average molecular weight is 655 g/mol.